The first-order chi connectivity index (χ1) is 16.6. The number of benzene rings is 1. The molecule has 0 aliphatic carbocycles. The lowest BCUT2D eigenvalue weighted by molar-refractivity contribution is 0.0981. The molecule has 34 heavy (non-hydrogen) atoms. The molecule has 174 valence electrons. The molecule has 4 aromatic rings. The average molecular weight is 457 g/mol. The van der Waals surface area contributed by atoms with Crippen molar-refractivity contribution in [2.75, 3.05) is 38.1 Å². The number of aromatic nitrogens is 6. The molecule has 9 nitrogen and oxygen atoms in total. The summed E-state index contributed by atoms with van der Waals surface area (Å²) in [4.78, 5) is 30.5. The fraction of sp³-hybridized carbons (Fsp3) is 0.360. The third-order valence-corrected chi connectivity index (χ3v) is 6.19. The summed E-state index contributed by atoms with van der Waals surface area (Å²) >= 11 is 0. The number of nitrogens with zero attached hydrogens (tertiary/aromatic N) is 8. The molecule has 5 rings (SSSR count). The highest BCUT2D eigenvalue weighted by Crippen LogP contribution is 2.21. The Morgan fingerprint density at radius 2 is 1.79 bits per heavy atom. The second kappa shape index (κ2) is 9.64. The number of piperazine rings is 1. The maximum absolute atomic E-state index is 12.3. The Morgan fingerprint density at radius 3 is 2.56 bits per heavy atom. The van der Waals surface area contributed by atoms with Gasteiger partial charge >= 0.3 is 0 Å². The molecule has 0 unspecified atom stereocenters. The van der Waals surface area contributed by atoms with E-state index in [0.717, 1.165) is 55.2 Å². The standard InChI is InChI=1S/C25H28N8O/c1-3-5-22(34)20-14-28-25-30-29-23(33(25)17-20)13-18-6-4-7-19(12-18)24-26-15-21(16-27-24)32-10-8-31(2)9-11-32/h4,6-7,12,14-17H,3,5,8-11,13H2,1-2H3. The van der Waals surface area contributed by atoms with Crippen molar-refractivity contribution in [3.63, 3.8) is 0 Å². The third kappa shape index (κ3) is 4.65. The molecular formula is C25H28N8O. The van der Waals surface area contributed by atoms with Crippen molar-refractivity contribution in [2.45, 2.75) is 26.2 Å². The molecule has 0 saturated carbocycles. The van der Waals surface area contributed by atoms with Gasteiger partial charge in [-0.2, -0.15) is 0 Å². The summed E-state index contributed by atoms with van der Waals surface area (Å²) in [5, 5.41) is 8.47. The quantitative estimate of drug-likeness (QED) is 0.392. The first kappa shape index (κ1) is 22.1. The van der Waals surface area contributed by atoms with Gasteiger partial charge in [-0.25, -0.2) is 15.0 Å². The van der Waals surface area contributed by atoms with Crippen LogP contribution in [-0.2, 0) is 6.42 Å². The number of ketones is 1. The van der Waals surface area contributed by atoms with E-state index in [1.807, 2.05) is 37.5 Å². The van der Waals surface area contributed by atoms with E-state index in [2.05, 4.69) is 48.1 Å². The topological polar surface area (TPSA) is 92.4 Å². The number of likely N-dealkylation sites (N-methyl/N-ethyl adjacent to an activating group) is 1. The highest BCUT2D eigenvalue weighted by Gasteiger charge is 2.16. The first-order valence-electron chi connectivity index (χ1n) is 11.7. The van der Waals surface area contributed by atoms with Crippen molar-refractivity contribution in [1.82, 2.24) is 34.4 Å². The number of hydrogen-bond acceptors (Lipinski definition) is 8. The maximum atomic E-state index is 12.3. The monoisotopic (exact) mass is 456 g/mol. The fourth-order valence-corrected chi connectivity index (χ4v) is 4.17. The first-order valence-corrected chi connectivity index (χ1v) is 11.7. The largest absolute Gasteiger partial charge is 0.366 e. The van der Waals surface area contributed by atoms with E-state index in [0.29, 0.717) is 30.0 Å². The van der Waals surface area contributed by atoms with E-state index in [1.54, 1.807) is 16.8 Å². The van der Waals surface area contributed by atoms with Gasteiger partial charge < -0.3 is 9.80 Å². The lowest BCUT2D eigenvalue weighted by Gasteiger charge is -2.33. The average Bonchev–Trinajstić information content (AvgIpc) is 3.27. The smallest absolute Gasteiger partial charge is 0.254 e. The van der Waals surface area contributed by atoms with Gasteiger partial charge in [-0.15, -0.1) is 10.2 Å². The summed E-state index contributed by atoms with van der Waals surface area (Å²) in [6.07, 6.45) is 9.05. The van der Waals surface area contributed by atoms with Gasteiger partial charge in [-0.1, -0.05) is 25.1 Å². The molecule has 1 saturated heterocycles. The van der Waals surface area contributed by atoms with Crippen molar-refractivity contribution in [3.05, 3.63) is 66.0 Å². The van der Waals surface area contributed by atoms with Crippen LogP contribution in [0.1, 0.15) is 41.5 Å². The SMILES string of the molecule is CCCC(=O)c1cnc2nnc(Cc3cccc(-c4ncc(N5CCN(C)CC5)cn4)c3)n2c1. The minimum atomic E-state index is 0.0794. The molecule has 4 heterocycles. The van der Waals surface area contributed by atoms with E-state index < -0.39 is 0 Å². The van der Waals surface area contributed by atoms with Crippen molar-refractivity contribution in [1.29, 1.82) is 0 Å². The van der Waals surface area contributed by atoms with E-state index in [1.165, 1.54) is 0 Å². The zero-order valence-electron chi connectivity index (χ0n) is 19.6. The number of hydrogen-bond donors (Lipinski definition) is 0. The van der Waals surface area contributed by atoms with Crippen LogP contribution in [0.4, 0.5) is 5.69 Å². The second-order valence-corrected chi connectivity index (χ2v) is 8.73. The summed E-state index contributed by atoms with van der Waals surface area (Å²) in [5.41, 5.74) is 3.65. The van der Waals surface area contributed by atoms with E-state index >= 15 is 0 Å². The number of Topliss-reactive ketones (excluding diaryl/α,β-unsaturated/α-hetero) is 1. The number of carbonyl (C=O) groups is 1. The van der Waals surface area contributed by atoms with Crippen molar-refractivity contribution in [2.24, 2.45) is 0 Å². The molecule has 1 aliphatic rings. The maximum Gasteiger partial charge on any atom is 0.254 e. The van der Waals surface area contributed by atoms with Gasteiger partial charge in [0.2, 0.25) is 0 Å². The van der Waals surface area contributed by atoms with Gasteiger partial charge in [0.25, 0.3) is 5.78 Å². The van der Waals surface area contributed by atoms with Crippen LogP contribution in [0.3, 0.4) is 0 Å². The third-order valence-electron chi connectivity index (χ3n) is 6.19. The predicted molar refractivity (Wildman–Crippen MR) is 130 cm³/mol. The molecule has 1 aliphatic heterocycles. The van der Waals surface area contributed by atoms with Gasteiger partial charge in [0.05, 0.1) is 23.6 Å². The van der Waals surface area contributed by atoms with Crippen LogP contribution >= 0.6 is 0 Å². The number of fused-ring (bicyclic) bond motifs is 1. The van der Waals surface area contributed by atoms with Crippen LogP contribution < -0.4 is 4.90 Å². The van der Waals surface area contributed by atoms with Crippen LogP contribution in [0.2, 0.25) is 0 Å². The van der Waals surface area contributed by atoms with Crippen molar-refractivity contribution in [3.8, 4) is 11.4 Å². The fourth-order valence-electron chi connectivity index (χ4n) is 4.17. The molecule has 1 fully saturated rings. The summed E-state index contributed by atoms with van der Waals surface area (Å²) in [5.74, 6) is 2.00. The Kier molecular flexibility index (Phi) is 6.27. The summed E-state index contributed by atoms with van der Waals surface area (Å²) in [6.45, 7) is 6.06. The predicted octanol–water partition coefficient (Wildman–Crippen LogP) is 2.91. The minimum absolute atomic E-state index is 0.0794. The lowest BCUT2D eigenvalue weighted by atomic mass is 10.1. The summed E-state index contributed by atoms with van der Waals surface area (Å²) in [6, 6.07) is 8.13. The molecule has 0 spiro atoms. The van der Waals surface area contributed by atoms with Gasteiger partial charge in [0.1, 0.15) is 5.82 Å². The Labute approximate surface area is 198 Å². The van der Waals surface area contributed by atoms with Gasteiger partial charge in [-0.05, 0) is 25.1 Å². The van der Waals surface area contributed by atoms with Crippen LogP contribution in [0.5, 0.6) is 0 Å². The molecule has 0 N–H and O–H groups in total. The Balaban J connectivity index is 1.35. The van der Waals surface area contributed by atoms with E-state index in [9.17, 15) is 4.79 Å². The normalized spacial score (nSPS) is 14.6. The summed E-state index contributed by atoms with van der Waals surface area (Å²) < 4.78 is 1.80. The van der Waals surface area contributed by atoms with Crippen LogP contribution in [-0.4, -0.2) is 73.5 Å². The minimum Gasteiger partial charge on any atom is -0.366 e. The zero-order valence-corrected chi connectivity index (χ0v) is 19.6. The highest BCUT2D eigenvalue weighted by molar-refractivity contribution is 5.95. The van der Waals surface area contributed by atoms with Gasteiger partial charge in [0.15, 0.2) is 11.6 Å². The zero-order chi connectivity index (χ0) is 23.5. The van der Waals surface area contributed by atoms with Crippen molar-refractivity contribution >= 4 is 17.2 Å². The number of anilines is 1. The summed E-state index contributed by atoms with van der Waals surface area (Å²) in [7, 11) is 2.15. The number of carbonyl (C=O) groups excluding carboxylic acids is 1. The molecular weight excluding hydrogens is 428 g/mol. The van der Waals surface area contributed by atoms with E-state index in [4.69, 9.17) is 0 Å². The molecule has 1 aromatic carbocycles. The molecule has 0 bridgehead atoms. The van der Waals surface area contributed by atoms with Crippen LogP contribution in [0.25, 0.3) is 17.2 Å². The highest BCUT2D eigenvalue weighted by atomic mass is 16.1. The Morgan fingerprint density at radius 1 is 1.00 bits per heavy atom. The van der Waals surface area contributed by atoms with Gasteiger partial charge in [-0.3, -0.25) is 9.20 Å². The molecule has 9 heteroatoms. The molecule has 3 aromatic heterocycles. The Bertz CT molecular complexity index is 1290. The molecule has 0 atom stereocenters. The second-order valence-electron chi connectivity index (χ2n) is 8.73. The van der Waals surface area contributed by atoms with Gasteiger partial charge in [0, 0.05) is 57.0 Å². The molecule has 0 amide bonds. The lowest BCUT2D eigenvalue weighted by Crippen LogP contribution is -2.44. The molecule has 0 radical (unpaired) electrons. The van der Waals surface area contributed by atoms with E-state index in [-0.39, 0.29) is 5.78 Å². The number of rotatable bonds is 7. The van der Waals surface area contributed by atoms with Crippen LogP contribution in [0.15, 0.2) is 49.1 Å². The van der Waals surface area contributed by atoms with Crippen molar-refractivity contribution < 1.29 is 4.79 Å². The Hall–Kier alpha value is -3.72. The van der Waals surface area contributed by atoms with Crippen LogP contribution in [0, 0.1) is 0 Å².